The Balaban J connectivity index is 0.00000420. The average molecular weight is 467 g/mol. The van der Waals surface area contributed by atoms with Gasteiger partial charge in [-0.05, 0) is 43.0 Å². The molecule has 0 saturated carbocycles. The van der Waals surface area contributed by atoms with Gasteiger partial charge in [-0.15, -0.1) is 24.8 Å². The fourth-order valence-corrected chi connectivity index (χ4v) is 2.99. The molecule has 1 aromatic rings. The third-order valence-electron chi connectivity index (χ3n) is 4.89. The van der Waals surface area contributed by atoms with E-state index in [4.69, 9.17) is 10.5 Å². The van der Waals surface area contributed by atoms with E-state index in [1.807, 2.05) is 13.8 Å². The number of carbonyl (C=O) groups is 2. The van der Waals surface area contributed by atoms with Crippen LogP contribution in [-0.2, 0) is 9.59 Å². The summed E-state index contributed by atoms with van der Waals surface area (Å²) in [4.78, 5) is 26.1. The van der Waals surface area contributed by atoms with Crippen LogP contribution in [0.4, 0.5) is 4.39 Å². The monoisotopic (exact) mass is 466 g/mol. The fourth-order valence-electron chi connectivity index (χ4n) is 2.99. The van der Waals surface area contributed by atoms with E-state index in [9.17, 15) is 14.0 Å². The lowest BCUT2D eigenvalue weighted by Gasteiger charge is -2.32. The van der Waals surface area contributed by atoms with Crippen molar-refractivity contribution in [2.45, 2.75) is 38.8 Å². The van der Waals surface area contributed by atoms with Gasteiger partial charge in [0.05, 0.1) is 12.6 Å². The lowest BCUT2D eigenvalue weighted by atomic mass is 10.0. The molecule has 1 aliphatic heterocycles. The van der Waals surface area contributed by atoms with Gasteiger partial charge in [0, 0.05) is 25.7 Å². The van der Waals surface area contributed by atoms with Gasteiger partial charge in [-0.25, -0.2) is 4.39 Å². The highest BCUT2D eigenvalue weighted by atomic mass is 35.5. The van der Waals surface area contributed by atoms with Crippen molar-refractivity contribution in [2.75, 3.05) is 32.8 Å². The summed E-state index contributed by atoms with van der Waals surface area (Å²) in [5, 5.41) is 5.54. The number of ether oxygens (including phenoxy) is 1. The first-order valence-corrected chi connectivity index (χ1v) is 9.78. The Labute approximate surface area is 190 Å². The average Bonchev–Trinajstić information content (AvgIpc) is 2.68. The molecule has 2 amide bonds. The molecular formula is C20H33Cl2FN4O3. The van der Waals surface area contributed by atoms with Crippen LogP contribution in [0.3, 0.4) is 0 Å². The van der Waals surface area contributed by atoms with Gasteiger partial charge in [0.25, 0.3) is 0 Å². The number of nitrogens with one attached hydrogen (secondary N) is 2. The molecule has 1 atom stereocenters. The van der Waals surface area contributed by atoms with Crippen LogP contribution >= 0.6 is 24.8 Å². The molecule has 0 unspecified atom stereocenters. The number of nitrogens with zero attached hydrogens (tertiary/aromatic N) is 1. The van der Waals surface area contributed by atoms with Gasteiger partial charge in [0.2, 0.25) is 11.8 Å². The zero-order valence-electron chi connectivity index (χ0n) is 17.4. The highest BCUT2D eigenvalue weighted by Crippen LogP contribution is 2.13. The molecule has 4 N–H and O–H groups in total. The SMILES string of the molecule is CC(C)[C@H](N)C(=O)NCC(=O)NC1CCN(CCOc2ccc(F)cc2)CC1.Cl.Cl. The minimum absolute atomic E-state index is 0. The molecule has 0 aliphatic carbocycles. The van der Waals surface area contributed by atoms with Crippen LogP contribution in [0.2, 0.25) is 0 Å². The molecule has 0 aromatic heterocycles. The smallest absolute Gasteiger partial charge is 0.239 e. The van der Waals surface area contributed by atoms with Gasteiger partial charge in [-0.2, -0.15) is 0 Å². The number of hydrogen-bond donors (Lipinski definition) is 3. The maximum atomic E-state index is 12.9. The predicted octanol–water partition coefficient (Wildman–Crippen LogP) is 1.73. The van der Waals surface area contributed by atoms with E-state index in [1.165, 1.54) is 12.1 Å². The Bertz CT molecular complexity index is 641. The van der Waals surface area contributed by atoms with Gasteiger partial charge in [-0.1, -0.05) is 13.8 Å². The van der Waals surface area contributed by atoms with Gasteiger partial charge >= 0.3 is 0 Å². The van der Waals surface area contributed by atoms with Crippen molar-refractivity contribution in [3.63, 3.8) is 0 Å². The first kappa shape index (κ1) is 28.4. The van der Waals surface area contributed by atoms with E-state index in [0.29, 0.717) is 12.4 Å². The largest absolute Gasteiger partial charge is 0.492 e. The van der Waals surface area contributed by atoms with E-state index in [-0.39, 0.29) is 61.0 Å². The Morgan fingerprint density at radius 2 is 1.80 bits per heavy atom. The summed E-state index contributed by atoms with van der Waals surface area (Å²) in [7, 11) is 0. The summed E-state index contributed by atoms with van der Waals surface area (Å²) in [5.41, 5.74) is 5.75. The van der Waals surface area contributed by atoms with Gasteiger partial charge < -0.3 is 21.1 Å². The van der Waals surface area contributed by atoms with Gasteiger partial charge in [-0.3, -0.25) is 14.5 Å². The first-order valence-electron chi connectivity index (χ1n) is 9.78. The number of likely N-dealkylation sites (tertiary alicyclic amines) is 1. The maximum absolute atomic E-state index is 12.9. The lowest BCUT2D eigenvalue weighted by Crippen LogP contribution is -2.50. The normalized spacial score (nSPS) is 15.5. The van der Waals surface area contributed by atoms with E-state index < -0.39 is 6.04 Å². The molecule has 1 saturated heterocycles. The summed E-state index contributed by atoms with van der Waals surface area (Å²) in [6, 6.07) is 5.49. The number of piperidine rings is 1. The molecule has 1 aromatic carbocycles. The number of halogens is 3. The van der Waals surface area contributed by atoms with Crippen molar-refractivity contribution in [3.05, 3.63) is 30.1 Å². The highest BCUT2D eigenvalue weighted by Gasteiger charge is 2.22. The van der Waals surface area contributed by atoms with Crippen molar-refractivity contribution in [1.29, 1.82) is 0 Å². The quantitative estimate of drug-likeness (QED) is 0.514. The summed E-state index contributed by atoms with van der Waals surface area (Å²) in [5.74, 6) is -0.0930. The highest BCUT2D eigenvalue weighted by molar-refractivity contribution is 5.87. The lowest BCUT2D eigenvalue weighted by molar-refractivity contribution is -0.127. The maximum Gasteiger partial charge on any atom is 0.239 e. The van der Waals surface area contributed by atoms with Crippen molar-refractivity contribution in [3.8, 4) is 5.75 Å². The van der Waals surface area contributed by atoms with Crippen molar-refractivity contribution in [2.24, 2.45) is 11.7 Å². The summed E-state index contributed by atoms with van der Waals surface area (Å²) in [6.07, 6.45) is 1.70. The summed E-state index contributed by atoms with van der Waals surface area (Å²) < 4.78 is 18.5. The van der Waals surface area contributed by atoms with Crippen LogP contribution in [-0.4, -0.2) is 61.6 Å². The molecule has 2 rings (SSSR count). The van der Waals surface area contributed by atoms with Crippen molar-refractivity contribution in [1.82, 2.24) is 15.5 Å². The second kappa shape index (κ2) is 14.4. The summed E-state index contributed by atoms with van der Waals surface area (Å²) >= 11 is 0. The zero-order valence-corrected chi connectivity index (χ0v) is 19.1. The van der Waals surface area contributed by atoms with Gasteiger partial charge in [0.1, 0.15) is 18.2 Å². The molecule has 1 aliphatic rings. The third-order valence-corrected chi connectivity index (χ3v) is 4.89. The molecular weight excluding hydrogens is 434 g/mol. The Kier molecular flexibility index (Phi) is 13.6. The Morgan fingerprint density at radius 3 is 2.37 bits per heavy atom. The van der Waals surface area contributed by atoms with Crippen LogP contribution in [0, 0.1) is 11.7 Å². The standard InChI is InChI=1S/C20H31FN4O3.2ClH/c1-14(2)19(22)20(27)23-13-18(26)24-16-7-9-25(10-8-16)11-12-28-17-5-3-15(21)4-6-17;;/h3-6,14,16,19H,7-13,22H2,1-2H3,(H,23,27)(H,24,26);2*1H/t19-;;/m0../s1. The van der Waals surface area contributed by atoms with E-state index in [0.717, 1.165) is 32.5 Å². The van der Waals surface area contributed by atoms with E-state index in [1.54, 1.807) is 12.1 Å². The first-order chi connectivity index (χ1) is 13.3. The zero-order chi connectivity index (χ0) is 20.5. The Hall–Kier alpha value is -1.61. The van der Waals surface area contributed by atoms with Crippen molar-refractivity contribution >= 4 is 36.6 Å². The Morgan fingerprint density at radius 1 is 1.20 bits per heavy atom. The molecule has 10 heteroatoms. The van der Waals surface area contributed by atoms with E-state index in [2.05, 4.69) is 15.5 Å². The number of nitrogens with two attached hydrogens (primary N) is 1. The van der Waals surface area contributed by atoms with Gasteiger partial charge in [0.15, 0.2) is 0 Å². The molecule has 1 fully saturated rings. The molecule has 172 valence electrons. The van der Waals surface area contributed by atoms with Crippen LogP contribution < -0.4 is 21.1 Å². The molecule has 30 heavy (non-hydrogen) atoms. The van der Waals surface area contributed by atoms with Crippen LogP contribution in [0.25, 0.3) is 0 Å². The van der Waals surface area contributed by atoms with Crippen molar-refractivity contribution < 1.29 is 18.7 Å². The topological polar surface area (TPSA) is 96.7 Å². The second-order valence-electron chi connectivity index (χ2n) is 7.47. The minimum atomic E-state index is -0.604. The summed E-state index contributed by atoms with van der Waals surface area (Å²) in [6.45, 7) is 6.72. The molecule has 1 heterocycles. The predicted molar refractivity (Wildman–Crippen MR) is 120 cm³/mol. The van der Waals surface area contributed by atoms with Crippen LogP contribution in [0.15, 0.2) is 24.3 Å². The number of rotatable bonds is 9. The van der Waals surface area contributed by atoms with E-state index >= 15 is 0 Å². The number of benzene rings is 1. The van der Waals surface area contributed by atoms with Crippen LogP contribution in [0.1, 0.15) is 26.7 Å². The molecule has 0 radical (unpaired) electrons. The number of amides is 2. The second-order valence-corrected chi connectivity index (χ2v) is 7.47. The van der Waals surface area contributed by atoms with Crippen LogP contribution in [0.5, 0.6) is 5.75 Å². The third kappa shape index (κ3) is 9.93. The molecule has 7 nitrogen and oxygen atoms in total. The molecule has 0 bridgehead atoms. The number of carbonyl (C=O) groups excluding carboxylic acids is 2. The number of hydrogen-bond acceptors (Lipinski definition) is 5. The minimum Gasteiger partial charge on any atom is -0.492 e. The fraction of sp³-hybridized carbons (Fsp3) is 0.600. The molecule has 0 spiro atoms.